The first-order valence-corrected chi connectivity index (χ1v) is 8.39. The first-order valence-electron chi connectivity index (χ1n) is 8.39. The van der Waals surface area contributed by atoms with Crippen LogP contribution in [-0.2, 0) is 4.79 Å². The van der Waals surface area contributed by atoms with Gasteiger partial charge >= 0.3 is 0 Å². The molecule has 2 atom stereocenters. The summed E-state index contributed by atoms with van der Waals surface area (Å²) in [6.45, 7) is 6.50. The Hall–Kier alpha value is -1.87. The van der Waals surface area contributed by atoms with E-state index in [4.69, 9.17) is 0 Å². The van der Waals surface area contributed by atoms with Crippen molar-refractivity contribution in [3.05, 3.63) is 48.0 Å². The molecule has 122 valence electrons. The van der Waals surface area contributed by atoms with E-state index in [0.717, 1.165) is 6.42 Å². The molecule has 1 fully saturated rings. The lowest BCUT2D eigenvalue weighted by Crippen LogP contribution is -2.42. The van der Waals surface area contributed by atoms with Crippen LogP contribution in [0, 0.1) is 5.92 Å². The van der Waals surface area contributed by atoms with Gasteiger partial charge in [0.1, 0.15) is 0 Å². The highest BCUT2D eigenvalue weighted by Crippen LogP contribution is 2.50. The molecule has 1 aliphatic carbocycles. The average Bonchev–Trinajstić information content (AvgIpc) is 3.31. The van der Waals surface area contributed by atoms with Gasteiger partial charge in [-0.1, -0.05) is 42.5 Å². The summed E-state index contributed by atoms with van der Waals surface area (Å²) in [7, 11) is 0. The van der Waals surface area contributed by atoms with E-state index in [1.165, 1.54) is 16.3 Å². The van der Waals surface area contributed by atoms with Gasteiger partial charge in [0.15, 0.2) is 0 Å². The zero-order valence-corrected chi connectivity index (χ0v) is 14.1. The molecule has 23 heavy (non-hydrogen) atoms. The Morgan fingerprint density at radius 2 is 1.91 bits per heavy atom. The molecular formula is C20H25NO2. The Morgan fingerprint density at radius 3 is 2.61 bits per heavy atom. The number of carbonyl (C=O) groups excluding carboxylic acids is 1. The minimum atomic E-state index is -0.852. The highest BCUT2D eigenvalue weighted by Gasteiger charge is 2.46. The van der Waals surface area contributed by atoms with Crippen molar-refractivity contribution >= 4 is 16.7 Å². The molecule has 1 N–H and O–H groups in total. The van der Waals surface area contributed by atoms with E-state index in [-0.39, 0.29) is 11.8 Å². The van der Waals surface area contributed by atoms with Crippen LogP contribution >= 0.6 is 0 Å². The van der Waals surface area contributed by atoms with Crippen molar-refractivity contribution in [1.29, 1.82) is 0 Å². The van der Waals surface area contributed by atoms with Gasteiger partial charge in [-0.05, 0) is 49.4 Å². The lowest BCUT2D eigenvalue weighted by atomic mass is 10.00. The van der Waals surface area contributed by atoms with E-state index in [1.807, 2.05) is 13.0 Å². The number of amides is 1. The van der Waals surface area contributed by atoms with E-state index in [9.17, 15) is 9.90 Å². The van der Waals surface area contributed by atoms with Gasteiger partial charge in [0.05, 0.1) is 5.60 Å². The average molecular weight is 311 g/mol. The highest BCUT2D eigenvalue weighted by atomic mass is 16.3. The van der Waals surface area contributed by atoms with Crippen LogP contribution in [0.5, 0.6) is 0 Å². The maximum absolute atomic E-state index is 12.7. The standard InChI is InChI=1S/C20H25NO2/c1-4-21(13-20(2,3)23)19(22)18-12-17(18)16-11-7-9-14-8-5-6-10-15(14)16/h5-11,17-18,23H,4,12-13H2,1-3H3/t17-,18-/m0/s1. The lowest BCUT2D eigenvalue weighted by molar-refractivity contribution is -0.135. The molecule has 2 aromatic rings. The van der Waals surface area contributed by atoms with Gasteiger partial charge in [0, 0.05) is 19.0 Å². The van der Waals surface area contributed by atoms with Crippen LogP contribution in [-0.4, -0.2) is 34.6 Å². The van der Waals surface area contributed by atoms with Gasteiger partial charge in [-0.15, -0.1) is 0 Å². The van der Waals surface area contributed by atoms with Crippen molar-refractivity contribution in [2.75, 3.05) is 13.1 Å². The second-order valence-electron chi connectivity index (χ2n) is 7.18. The first kappa shape index (κ1) is 16.0. The number of nitrogens with zero attached hydrogens (tertiary/aromatic N) is 1. The molecule has 1 saturated carbocycles. The van der Waals surface area contributed by atoms with Crippen LogP contribution in [0.1, 0.15) is 38.7 Å². The number of hydrogen-bond acceptors (Lipinski definition) is 2. The Balaban J connectivity index is 1.79. The number of hydrogen-bond donors (Lipinski definition) is 1. The van der Waals surface area contributed by atoms with Crippen molar-refractivity contribution in [1.82, 2.24) is 4.90 Å². The second kappa shape index (κ2) is 5.97. The largest absolute Gasteiger partial charge is 0.389 e. The molecule has 2 aromatic carbocycles. The molecule has 0 aromatic heterocycles. The van der Waals surface area contributed by atoms with Gasteiger partial charge in [0.25, 0.3) is 0 Å². The summed E-state index contributed by atoms with van der Waals surface area (Å²) in [6.07, 6.45) is 0.912. The Labute approximate surface area is 137 Å². The minimum Gasteiger partial charge on any atom is -0.389 e. The van der Waals surface area contributed by atoms with Crippen molar-refractivity contribution in [2.45, 2.75) is 38.7 Å². The van der Waals surface area contributed by atoms with Crippen LogP contribution in [0.2, 0.25) is 0 Å². The van der Waals surface area contributed by atoms with E-state index in [1.54, 1.807) is 18.7 Å². The van der Waals surface area contributed by atoms with Crippen LogP contribution in [0.15, 0.2) is 42.5 Å². The van der Waals surface area contributed by atoms with E-state index >= 15 is 0 Å². The van der Waals surface area contributed by atoms with E-state index in [2.05, 4.69) is 36.4 Å². The zero-order valence-electron chi connectivity index (χ0n) is 14.1. The molecule has 0 radical (unpaired) electrons. The third-order valence-electron chi connectivity index (χ3n) is 4.60. The first-order chi connectivity index (χ1) is 10.9. The number of rotatable bonds is 5. The molecule has 0 unspecified atom stereocenters. The number of fused-ring (bicyclic) bond motifs is 1. The highest BCUT2D eigenvalue weighted by molar-refractivity contribution is 5.89. The molecule has 0 heterocycles. The molecule has 3 rings (SSSR count). The zero-order chi connectivity index (χ0) is 16.6. The molecule has 0 aliphatic heterocycles. The summed E-state index contributed by atoms with van der Waals surface area (Å²) < 4.78 is 0. The number of aliphatic hydroxyl groups is 1. The van der Waals surface area contributed by atoms with Crippen LogP contribution in [0.25, 0.3) is 10.8 Å². The number of likely N-dealkylation sites (N-methyl/N-ethyl adjacent to an activating group) is 1. The van der Waals surface area contributed by atoms with Gasteiger partial charge < -0.3 is 10.0 Å². The topological polar surface area (TPSA) is 40.5 Å². The summed E-state index contributed by atoms with van der Waals surface area (Å²) in [5.74, 6) is 0.542. The molecule has 0 spiro atoms. The second-order valence-corrected chi connectivity index (χ2v) is 7.18. The molecule has 3 heteroatoms. The molecule has 1 amide bonds. The Bertz CT molecular complexity index is 712. The Morgan fingerprint density at radius 1 is 1.22 bits per heavy atom. The monoisotopic (exact) mass is 311 g/mol. The predicted octanol–water partition coefficient (Wildman–Crippen LogP) is 3.56. The Kier molecular flexibility index (Phi) is 4.15. The fourth-order valence-electron chi connectivity index (χ4n) is 3.43. The molecular weight excluding hydrogens is 286 g/mol. The van der Waals surface area contributed by atoms with Crippen molar-refractivity contribution < 1.29 is 9.90 Å². The van der Waals surface area contributed by atoms with Crippen molar-refractivity contribution in [3.63, 3.8) is 0 Å². The summed E-state index contributed by atoms with van der Waals surface area (Å²) in [4.78, 5) is 14.5. The maximum Gasteiger partial charge on any atom is 0.226 e. The van der Waals surface area contributed by atoms with Gasteiger partial charge in [-0.2, -0.15) is 0 Å². The fraction of sp³-hybridized carbons (Fsp3) is 0.450. The minimum absolute atomic E-state index is 0.0584. The third-order valence-corrected chi connectivity index (χ3v) is 4.60. The quantitative estimate of drug-likeness (QED) is 0.917. The van der Waals surface area contributed by atoms with E-state index in [0.29, 0.717) is 19.0 Å². The SMILES string of the molecule is CCN(CC(C)(C)O)C(=O)[C@H]1C[C@H]1c1cccc2ccccc12. The number of benzene rings is 2. The van der Waals surface area contributed by atoms with Gasteiger partial charge in [-0.25, -0.2) is 0 Å². The van der Waals surface area contributed by atoms with Crippen LogP contribution in [0.4, 0.5) is 0 Å². The van der Waals surface area contributed by atoms with Crippen molar-refractivity contribution in [2.24, 2.45) is 5.92 Å². The summed E-state index contributed by atoms with van der Waals surface area (Å²) in [5.41, 5.74) is 0.427. The molecule has 0 saturated heterocycles. The van der Waals surface area contributed by atoms with Crippen molar-refractivity contribution in [3.8, 4) is 0 Å². The summed E-state index contributed by atoms with van der Waals surface area (Å²) >= 11 is 0. The van der Waals surface area contributed by atoms with Crippen LogP contribution < -0.4 is 0 Å². The number of carbonyl (C=O) groups is 1. The molecule has 1 aliphatic rings. The molecule has 3 nitrogen and oxygen atoms in total. The summed E-state index contributed by atoms with van der Waals surface area (Å²) in [5, 5.41) is 12.5. The van der Waals surface area contributed by atoms with Gasteiger partial charge in [0.2, 0.25) is 5.91 Å². The lowest BCUT2D eigenvalue weighted by Gasteiger charge is -2.28. The van der Waals surface area contributed by atoms with Gasteiger partial charge in [-0.3, -0.25) is 4.79 Å². The summed E-state index contributed by atoms with van der Waals surface area (Å²) in [6, 6.07) is 14.7. The van der Waals surface area contributed by atoms with E-state index < -0.39 is 5.60 Å². The third kappa shape index (κ3) is 3.40. The predicted molar refractivity (Wildman–Crippen MR) is 93.3 cm³/mol. The van der Waals surface area contributed by atoms with Crippen LogP contribution in [0.3, 0.4) is 0 Å². The fourth-order valence-corrected chi connectivity index (χ4v) is 3.43. The maximum atomic E-state index is 12.7. The normalized spacial score (nSPS) is 20.5. The molecule has 0 bridgehead atoms. The smallest absolute Gasteiger partial charge is 0.226 e.